The molecule has 0 fully saturated rings. The van der Waals surface area contributed by atoms with Crippen LogP contribution in [0.1, 0.15) is 149 Å². The van der Waals surface area contributed by atoms with E-state index in [1.54, 1.807) is 12.2 Å². The van der Waals surface area contributed by atoms with Gasteiger partial charge < -0.3 is 24.0 Å². The summed E-state index contributed by atoms with van der Waals surface area (Å²) < 4.78 is 34.1. The van der Waals surface area contributed by atoms with Crippen LogP contribution in [0.15, 0.2) is 72.9 Å². The fourth-order valence-electron chi connectivity index (χ4n) is 5.32. The van der Waals surface area contributed by atoms with E-state index in [-0.39, 0.29) is 26.1 Å². The topological polar surface area (TPSA) is 129 Å². The lowest BCUT2D eigenvalue weighted by atomic mass is 10.1. The molecule has 57 heavy (non-hydrogen) atoms. The van der Waals surface area contributed by atoms with Crippen molar-refractivity contribution in [2.75, 3.05) is 47.5 Å². The van der Waals surface area contributed by atoms with E-state index in [2.05, 4.69) is 62.5 Å². The minimum absolute atomic E-state index is 0.00574. The van der Waals surface area contributed by atoms with Gasteiger partial charge in [-0.25, -0.2) is 4.57 Å². The maximum atomic E-state index is 12.7. The number of phosphoric acid groups is 1. The Morgan fingerprint density at radius 3 is 1.75 bits per heavy atom. The molecule has 10 nitrogen and oxygen atoms in total. The van der Waals surface area contributed by atoms with Crippen molar-refractivity contribution in [3.63, 3.8) is 0 Å². The van der Waals surface area contributed by atoms with Gasteiger partial charge in [0.25, 0.3) is 0 Å². The van der Waals surface area contributed by atoms with Crippen molar-refractivity contribution < 1.29 is 47.2 Å². The summed E-state index contributed by atoms with van der Waals surface area (Å²) in [4.78, 5) is 35.4. The van der Waals surface area contributed by atoms with Crippen LogP contribution in [0.25, 0.3) is 0 Å². The smallest absolute Gasteiger partial charge is 0.462 e. The Labute approximate surface area is 347 Å². The molecule has 1 unspecified atom stereocenters. The summed E-state index contributed by atoms with van der Waals surface area (Å²) in [6, 6.07) is 0. The number of hydrogen-bond donors (Lipinski definition) is 2. The highest BCUT2D eigenvalue weighted by Gasteiger charge is 2.27. The van der Waals surface area contributed by atoms with Crippen molar-refractivity contribution in [3.8, 4) is 0 Å². The summed E-state index contributed by atoms with van der Waals surface area (Å²) in [7, 11) is 1.34. The average molecular weight is 823 g/mol. The first-order chi connectivity index (χ1) is 27.4. The van der Waals surface area contributed by atoms with Crippen LogP contribution in [0.5, 0.6) is 0 Å². The second-order valence-electron chi connectivity index (χ2n) is 15.6. The summed E-state index contributed by atoms with van der Waals surface area (Å²) in [5, 5.41) is 10.3. The largest absolute Gasteiger partial charge is 0.472 e. The van der Waals surface area contributed by atoms with E-state index in [1.807, 2.05) is 33.3 Å². The fraction of sp³-hybridized carbons (Fsp3) is 0.696. The highest BCUT2D eigenvalue weighted by atomic mass is 31.2. The second kappa shape index (κ2) is 37.7. The van der Waals surface area contributed by atoms with Gasteiger partial charge in [0.1, 0.15) is 19.8 Å². The molecule has 0 aliphatic carbocycles. The molecule has 0 aromatic rings. The van der Waals surface area contributed by atoms with Gasteiger partial charge in [0, 0.05) is 12.8 Å². The predicted molar refractivity (Wildman–Crippen MR) is 235 cm³/mol. The van der Waals surface area contributed by atoms with E-state index in [4.69, 9.17) is 18.5 Å². The van der Waals surface area contributed by atoms with Crippen molar-refractivity contribution in [3.05, 3.63) is 72.9 Å². The van der Waals surface area contributed by atoms with Crippen LogP contribution >= 0.6 is 7.82 Å². The SMILES string of the molecule is CCCCC/C=C\C/C=C\C/C=C\C=C\[C@H](O)CCCC(=O)O[C@H](COC(=O)CCCCCCC/C=C\C/C=C\CCCCC)COP(=O)(O)OCC[N+](C)(C)C. The third-order valence-electron chi connectivity index (χ3n) is 8.81. The van der Waals surface area contributed by atoms with Crippen molar-refractivity contribution in [1.82, 2.24) is 0 Å². The number of unbranched alkanes of at least 4 members (excludes halogenated alkanes) is 11. The average Bonchev–Trinajstić information content (AvgIpc) is 3.15. The monoisotopic (exact) mass is 823 g/mol. The Kier molecular flexibility index (Phi) is 36.0. The fourth-order valence-corrected chi connectivity index (χ4v) is 6.06. The van der Waals surface area contributed by atoms with Crippen molar-refractivity contribution >= 4 is 19.8 Å². The molecule has 328 valence electrons. The molecule has 0 saturated carbocycles. The number of phosphoric ester groups is 1. The van der Waals surface area contributed by atoms with Crippen molar-refractivity contribution in [2.24, 2.45) is 0 Å². The Balaban J connectivity index is 4.62. The lowest BCUT2D eigenvalue weighted by Crippen LogP contribution is -2.37. The van der Waals surface area contributed by atoms with Gasteiger partial charge in [-0.2, -0.15) is 0 Å². The highest BCUT2D eigenvalue weighted by molar-refractivity contribution is 7.47. The number of rotatable bonds is 38. The molecule has 0 spiro atoms. The lowest BCUT2D eigenvalue weighted by molar-refractivity contribution is -0.870. The summed E-state index contributed by atoms with van der Waals surface area (Å²) >= 11 is 0. The summed E-state index contributed by atoms with van der Waals surface area (Å²) in [6.07, 6.45) is 42.6. The molecule has 0 saturated heterocycles. The number of aliphatic hydroxyl groups excluding tert-OH is 1. The number of allylic oxidation sites excluding steroid dienone is 11. The first-order valence-electron chi connectivity index (χ1n) is 21.8. The number of aliphatic hydroxyl groups is 1. The van der Waals surface area contributed by atoms with E-state index < -0.39 is 38.6 Å². The maximum absolute atomic E-state index is 12.7. The standard InChI is InChI=1S/C46H80NO9P/c1-6-8-10-12-14-16-18-20-21-23-25-27-29-31-33-37-45(49)53-41-44(42-55-57(51,52)54-40-39-47(3,4)5)56-46(50)38-34-36-43(48)35-32-30-28-26-24-22-19-17-15-13-11-9-7-2/h14-17,20-22,24,28,30,32,35,43-44,48H,6-13,18-19,23,25-27,29,31,33-34,36-42H2,1-5H3/p+1/b16-14-,17-15-,21-20-,24-22-,30-28-,35-32+/t43-,44+/m0/s1. The molecule has 0 aromatic carbocycles. The van der Waals surface area contributed by atoms with Crippen molar-refractivity contribution in [1.29, 1.82) is 0 Å². The van der Waals surface area contributed by atoms with Gasteiger partial charge in [0.15, 0.2) is 6.10 Å². The second-order valence-corrected chi connectivity index (χ2v) is 17.0. The van der Waals surface area contributed by atoms with E-state index in [9.17, 15) is 24.2 Å². The molecule has 0 rings (SSSR count). The van der Waals surface area contributed by atoms with Gasteiger partial charge in [0.05, 0.1) is 33.9 Å². The van der Waals surface area contributed by atoms with Gasteiger partial charge in [-0.05, 0) is 77.0 Å². The minimum Gasteiger partial charge on any atom is -0.462 e. The Morgan fingerprint density at radius 1 is 0.632 bits per heavy atom. The van der Waals surface area contributed by atoms with Crippen LogP contribution in [-0.2, 0) is 32.7 Å². The van der Waals surface area contributed by atoms with Gasteiger partial charge in [0.2, 0.25) is 0 Å². The first kappa shape index (κ1) is 54.4. The molecule has 0 heterocycles. The molecule has 0 bridgehead atoms. The maximum Gasteiger partial charge on any atom is 0.472 e. The lowest BCUT2D eigenvalue weighted by Gasteiger charge is -2.24. The van der Waals surface area contributed by atoms with Crippen LogP contribution in [0.4, 0.5) is 0 Å². The Morgan fingerprint density at radius 2 is 1.16 bits per heavy atom. The van der Waals surface area contributed by atoms with Gasteiger partial charge >= 0.3 is 19.8 Å². The van der Waals surface area contributed by atoms with E-state index in [0.717, 1.165) is 57.8 Å². The molecular formula is C46H81NO9P+. The summed E-state index contributed by atoms with van der Waals surface area (Å²) in [6.45, 7) is 4.10. The van der Waals surface area contributed by atoms with Gasteiger partial charge in [-0.15, -0.1) is 0 Å². The van der Waals surface area contributed by atoms with Crippen LogP contribution < -0.4 is 0 Å². The van der Waals surface area contributed by atoms with Gasteiger partial charge in [-0.1, -0.05) is 132 Å². The molecule has 0 aliphatic rings. The van der Waals surface area contributed by atoms with Crippen LogP contribution in [0.2, 0.25) is 0 Å². The zero-order chi connectivity index (χ0) is 42.3. The molecule has 0 amide bonds. The normalized spacial score (nSPS) is 14.9. The molecule has 0 aliphatic heterocycles. The number of esters is 2. The van der Waals surface area contributed by atoms with Gasteiger partial charge in [-0.3, -0.25) is 18.6 Å². The third-order valence-corrected chi connectivity index (χ3v) is 9.80. The van der Waals surface area contributed by atoms with Crippen LogP contribution in [-0.4, -0.2) is 86.1 Å². The van der Waals surface area contributed by atoms with Crippen molar-refractivity contribution in [2.45, 2.75) is 161 Å². The number of nitrogens with zero attached hydrogens (tertiary/aromatic N) is 1. The third kappa shape index (κ3) is 41.4. The van der Waals surface area contributed by atoms with Crippen LogP contribution in [0, 0.1) is 0 Å². The zero-order valence-corrected chi connectivity index (χ0v) is 37.3. The molecule has 2 N–H and O–H groups in total. The molecule has 3 atom stereocenters. The van der Waals surface area contributed by atoms with E-state index in [1.165, 1.54) is 44.9 Å². The zero-order valence-electron chi connectivity index (χ0n) is 36.4. The molecule has 0 aromatic heterocycles. The number of carbonyl (C=O) groups excluding carboxylic acids is 2. The number of ether oxygens (including phenoxy) is 2. The molecule has 11 heteroatoms. The molecule has 0 radical (unpaired) electrons. The Hall–Kier alpha value is -2.59. The number of hydrogen-bond acceptors (Lipinski definition) is 8. The first-order valence-corrected chi connectivity index (χ1v) is 23.3. The number of carbonyl (C=O) groups is 2. The number of quaternary nitrogens is 1. The Bertz CT molecular complexity index is 1220. The highest BCUT2D eigenvalue weighted by Crippen LogP contribution is 2.43. The predicted octanol–water partition coefficient (Wildman–Crippen LogP) is 11.2. The van der Waals surface area contributed by atoms with E-state index >= 15 is 0 Å². The number of likely N-dealkylation sites (N-methyl/N-ethyl adjacent to an activating group) is 1. The molecular weight excluding hydrogens is 741 g/mol. The minimum atomic E-state index is -4.43. The summed E-state index contributed by atoms with van der Waals surface area (Å²) in [5.74, 6) is -1.02. The summed E-state index contributed by atoms with van der Waals surface area (Å²) in [5.41, 5.74) is 0. The van der Waals surface area contributed by atoms with E-state index in [0.29, 0.717) is 30.3 Å². The van der Waals surface area contributed by atoms with Crippen LogP contribution in [0.3, 0.4) is 0 Å². The quantitative estimate of drug-likeness (QED) is 0.0156.